The topological polar surface area (TPSA) is 45.4 Å². The first-order valence-electron chi connectivity index (χ1n) is 8.00. The predicted octanol–water partition coefficient (Wildman–Crippen LogP) is 1.82. The lowest BCUT2D eigenvalue weighted by atomic mass is 10.00. The highest BCUT2D eigenvalue weighted by molar-refractivity contribution is 5.66. The minimum atomic E-state index is 0.755. The minimum Gasteiger partial charge on any atom is -0.329 e. The van der Waals surface area contributed by atoms with Crippen LogP contribution >= 0.6 is 0 Å². The Morgan fingerprint density at radius 3 is 2.32 bits per heavy atom. The van der Waals surface area contributed by atoms with Crippen molar-refractivity contribution in [2.24, 2.45) is 5.73 Å². The van der Waals surface area contributed by atoms with Gasteiger partial charge in [0.25, 0.3) is 0 Å². The molecule has 116 valence electrons. The summed E-state index contributed by atoms with van der Waals surface area (Å²) in [6.45, 7) is 7.25. The van der Waals surface area contributed by atoms with Gasteiger partial charge in [-0.05, 0) is 28.8 Å². The number of pyridine rings is 1. The van der Waals surface area contributed by atoms with Crippen molar-refractivity contribution in [1.82, 2.24) is 14.8 Å². The van der Waals surface area contributed by atoms with E-state index in [1.807, 2.05) is 12.4 Å². The summed E-state index contributed by atoms with van der Waals surface area (Å²) in [6.07, 6.45) is 3.72. The second-order valence-electron chi connectivity index (χ2n) is 5.80. The lowest BCUT2D eigenvalue weighted by Crippen LogP contribution is -2.47. The van der Waals surface area contributed by atoms with Crippen LogP contribution in [0, 0.1) is 0 Å². The fraction of sp³-hybridized carbons (Fsp3) is 0.389. The highest BCUT2D eigenvalue weighted by Gasteiger charge is 2.17. The number of benzene rings is 1. The van der Waals surface area contributed by atoms with Crippen LogP contribution in [0.2, 0.25) is 0 Å². The van der Waals surface area contributed by atoms with E-state index < -0.39 is 0 Å². The van der Waals surface area contributed by atoms with Crippen LogP contribution in [-0.4, -0.2) is 54.1 Å². The van der Waals surface area contributed by atoms with Gasteiger partial charge in [-0.1, -0.05) is 24.3 Å². The second-order valence-corrected chi connectivity index (χ2v) is 5.80. The van der Waals surface area contributed by atoms with Crippen LogP contribution in [0.5, 0.6) is 0 Å². The van der Waals surface area contributed by atoms with Crippen LogP contribution in [0.15, 0.2) is 48.8 Å². The molecule has 1 aliphatic rings. The molecule has 3 rings (SSSR count). The van der Waals surface area contributed by atoms with Crippen LogP contribution in [-0.2, 0) is 6.54 Å². The van der Waals surface area contributed by atoms with Crippen LogP contribution in [0.4, 0.5) is 0 Å². The monoisotopic (exact) mass is 296 g/mol. The van der Waals surface area contributed by atoms with Gasteiger partial charge >= 0.3 is 0 Å². The van der Waals surface area contributed by atoms with E-state index >= 15 is 0 Å². The number of nitrogens with two attached hydrogens (primary N) is 1. The molecule has 0 bridgehead atoms. The summed E-state index contributed by atoms with van der Waals surface area (Å²) in [5, 5.41) is 0. The molecule has 0 amide bonds. The average molecular weight is 296 g/mol. The van der Waals surface area contributed by atoms with Gasteiger partial charge in [0.1, 0.15) is 0 Å². The molecule has 1 aromatic heterocycles. The van der Waals surface area contributed by atoms with Gasteiger partial charge in [-0.3, -0.25) is 14.8 Å². The summed E-state index contributed by atoms with van der Waals surface area (Å²) in [5.74, 6) is 0. The molecule has 1 aliphatic heterocycles. The molecule has 22 heavy (non-hydrogen) atoms. The third-order valence-corrected chi connectivity index (χ3v) is 4.31. The van der Waals surface area contributed by atoms with Crippen molar-refractivity contribution >= 4 is 0 Å². The fourth-order valence-corrected chi connectivity index (χ4v) is 3.07. The molecule has 1 fully saturated rings. The number of nitrogens with zero attached hydrogens (tertiary/aromatic N) is 3. The zero-order valence-electron chi connectivity index (χ0n) is 13.0. The van der Waals surface area contributed by atoms with E-state index in [1.54, 1.807) is 0 Å². The number of rotatable bonds is 5. The molecule has 1 aromatic carbocycles. The Balaban J connectivity index is 1.69. The van der Waals surface area contributed by atoms with E-state index in [4.69, 9.17) is 5.73 Å². The molecule has 0 unspecified atom stereocenters. The molecule has 2 aromatic rings. The number of hydrogen-bond donors (Lipinski definition) is 1. The Morgan fingerprint density at radius 1 is 0.909 bits per heavy atom. The number of hydrogen-bond acceptors (Lipinski definition) is 4. The third-order valence-electron chi connectivity index (χ3n) is 4.31. The smallest absolute Gasteiger partial charge is 0.0273 e. The normalized spacial score (nSPS) is 16.8. The quantitative estimate of drug-likeness (QED) is 0.914. The van der Waals surface area contributed by atoms with Crippen LogP contribution in [0.1, 0.15) is 5.56 Å². The summed E-state index contributed by atoms with van der Waals surface area (Å²) in [5.41, 5.74) is 9.59. The standard InChI is InChI=1S/C18H24N4/c19-7-10-21-11-13-22(14-12-21)15-17-3-1-2-4-18(17)16-5-8-20-9-6-16/h1-6,8-9H,7,10-15,19H2. The van der Waals surface area contributed by atoms with Gasteiger partial charge in [0, 0.05) is 58.2 Å². The summed E-state index contributed by atoms with van der Waals surface area (Å²) in [4.78, 5) is 9.10. The average Bonchev–Trinajstić information content (AvgIpc) is 2.58. The molecule has 4 nitrogen and oxygen atoms in total. The highest BCUT2D eigenvalue weighted by Crippen LogP contribution is 2.24. The maximum atomic E-state index is 5.64. The lowest BCUT2D eigenvalue weighted by Gasteiger charge is -2.34. The van der Waals surface area contributed by atoms with E-state index in [1.165, 1.54) is 16.7 Å². The number of piperazine rings is 1. The van der Waals surface area contributed by atoms with Crippen molar-refractivity contribution in [3.8, 4) is 11.1 Å². The van der Waals surface area contributed by atoms with E-state index in [9.17, 15) is 0 Å². The number of aromatic nitrogens is 1. The lowest BCUT2D eigenvalue weighted by molar-refractivity contribution is 0.130. The molecule has 2 heterocycles. The van der Waals surface area contributed by atoms with Gasteiger partial charge in [-0.2, -0.15) is 0 Å². The van der Waals surface area contributed by atoms with E-state index in [-0.39, 0.29) is 0 Å². The first-order valence-corrected chi connectivity index (χ1v) is 8.00. The van der Waals surface area contributed by atoms with Gasteiger partial charge in [-0.25, -0.2) is 0 Å². The Kier molecular flexibility index (Phi) is 5.16. The van der Waals surface area contributed by atoms with Crippen LogP contribution in [0.3, 0.4) is 0 Å². The van der Waals surface area contributed by atoms with E-state index in [0.717, 1.165) is 45.8 Å². The molecule has 0 aliphatic carbocycles. The van der Waals surface area contributed by atoms with E-state index in [2.05, 4.69) is 51.2 Å². The minimum absolute atomic E-state index is 0.755. The molecule has 0 radical (unpaired) electrons. The van der Waals surface area contributed by atoms with Gasteiger partial charge in [0.05, 0.1) is 0 Å². The van der Waals surface area contributed by atoms with Crippen LogP contribution < -0.4 is 5.73 Å². The second kappa shape index (κ2) is 7.49. The Hall–Kier alpha value is -1.75. The first kappa shape index (κ1) is 15.2. The molecule has 4 heteroatoms. The molecular formula is C18H24N4. The van der Waals surface area contributed by atoms with Crippen LogP contribution in [0.25, 0.3) is 11.1 Å². The van der Waals surface area contributed by atoms with Gasteiger partial charge in [-0.15, -0.1) is 0 Å². The van der Waals surface area contributed by atoms with Crippen molar-refractivity contribution in [2.45, 2.75) is 6.54 Å². The zero-order valence-corrected chi connectivity index (χ0v) is 13.0. The van der Waals surface area contributed by atoms with Crippen molar-refractivity contribution in [3.63, 3.8) is 0 Å². The Labute approximate surface area is 132 Å². The van der Waals surface area contributed by atoms with Crippen molar-refractivity contribution < 1.29 is 0 Å². The predicted molar refractivity (Wildman–Crippen MR) is 90.4 cm³/mol. The molecular weight excluding hydrogens is 272 g/mol. The Bertz CT molecular complexity index is 577. The molecule has 0 saturated carbocycles. The molecule has 2 N–H and O–H groups in total. The van der Waals surface area contributed by atoms with Crippen molar-refractivity contribution in [3.05, 3.63) is 54.4 Å². The maximum Gasteiger partial charge on any atom is 0.0273 e. The van der Waals surface area contributed by atoms with Gasteiger partial charge in [0.2, 0.25) is 0 Å². The Morgan fingerprint density at radius 2 is 1.59 bits per heavy atom. The summed E-state index contributed by atoms with van der Waals surface area (Å²) >= 11 is 0. The molecule has 0 atom stereocenters. The first-order chi connectivity index (χ1) is 10.9. The molecule has 0 spiro atoms. The molecule has 1 saturated heterocycles. The third kappa shape index (κ3) is 3.71. The fourth-order valence-electron chi connectivity index (χ4n) is 3.07. The van der Waals surface area contributed by atoms with Gasteiger partial charge in [0.15, 0.2) is 0 Å². The zero-order chi connectivity index (χ0) is 15.2. The highest BCUT2D eigenvalue weighted by atomic mass is 15.3. The van der Waals surface area contributed by atoms with Gasteiger partial charge < -0.3 is 5.73 Å². The largest absolute Gasteiger partial charge is 0.329 e. The van der Waals surface area contributed by atoms with E-state index in [0.29, 0.717) is 0 Å². The maximum absolute atomic E-state index is 5.64. The summed E-state index contributed by atoms with van der Waals surface area (Å²) in [7, 11) is 0. The van der Waals surface area contributed by atoms with Crippen molar-refractivity contribution in [2.75, 3.05) is 39.3 Å². The SMILES string of the molecule is NCCN1CCN(Cc2ccccc2-c2ccncc2)CC1. The summed E-state index contributed by atoms with van der Waals surface area (Å²) < 4.78 is 0. The summed E-state index contributed by atoms with van der Waals surface area (Å²) in [6, 6.07) is 12.8. The van der Waals surface area contributed by atoms with Crippen molar-refractivity contribution in [1.29, 1.82) is 0 Å².